The molecule has 2 rings (SSSR count). The molecule has 49 heavy (non-hydrogen) atoms. The zero-order valence-electron chi connectivity index (χ0n) is 29.4. The molecule has 2 aliphatic heterocycles. The van der Waals surface area contributed by atoms with Crippen LogP contribution < -0.4 is 21.3 Å². The number of nitrogens with zero attached hydrogens (tertiary/aromatic N) is 2. The molecule has 1 saturated heterocycles. The van der Waals surface area contributed by atoms with Crippen molar-refractivity contribution in [2.45, 2.75) is 97.4 Å². The van der Waals surface area contributed by atoms with Crippen LogP contribution >= 0.6 is 11.8 Å². The normalized spacial score (nSPS) is 16.7. The molecule has 0 aliphatic carbocycles. The van der Waals surface area contributed by atoms with E-state index in [9.17, 15) is 38.4 Å². The molecule has 0 bridgehead atoms. The highest BCUT2D eigenvalue weighted by Gasteiger charge is 2.44. The Labute approximate surface area is 293 Å². The van der Waals surface area contributed by atoms with Gasteiger partial charge in [0, 0.05) is 76.3 Å². The molecular weight excluding hydrogens is 652 g/mol. The van der Waals surface area contributed by atoms with Crippen LogP contribution in [-0.4, -0.2) is 108 Å². The fourth-order valence-corrected chi connectivity index (χ4v) is 5.84. The van der Waals surface area contributed by atoms with Crippen LogP contribution in [0.15, 0.2) is 12.2 Å². The zero-order valence-corrected chi connectivity index (χ0v) is 30.2. The highest BCUT2D eigenvalue weighted by Crippen LogP contribution is 2.35. The lowest BCUT2D eigenvalue weighted by atomic mass is 9.80. The topological polar surface area (TPSA) is 191 Å². The molecule has 14 nitrogen and oxygen atoms in total. The van der Waals surface area contributed by atoms with Crippen LogP contribution in [0.4, 0.5) is 0 Å². The number of unbranched alkanes of at least 4 members (excludes halogenated alkanes) is 4. The Balaban J connectivity index is 1.79. The summed E-state index contributed by atoms with van der Waals surface area (Å²) in [6, 6.07) is -0.841. The van der Waals surface area contributed by atoms with Gasteiger partial charge in [-0.05, 0) is 43.8 Å². The predicted octanol–water partition coefficient (Wildman–Crippen LogP) is 1.43. The Bertz CT molecular complexity index is 1220. The number of nitrogens with one attached hydrogen (secondary N) is 4. The van der Waals surface area contributed by atoms with Gasteiger partial charge in [0.1, 0.15) is 6.04 Å². The summed E-state index contributed by atoms with van der Waals surface area (Å²) < 4.78 is 0. The van der Waals surface area contributed by atoms with Crippen LogP contribution in [0.2, 0.25) is 0 Å². The van der Waals surface area contributed by atoms with Gasteiger partial charge in [0.05, 0.1) is 5.92 Å². The number of hydrogen-bond acceptors (Lipinski definition) is 9. The van der Waals surface area contributed by atoms with E-state index in [2.05, 4.69) is 21.3 Å². The van der Waals surface area contributed by atoms with Crippen molar-refractivity contribution in [3.63, 3.8) is 0 Å². The first-order valence-electron chi connectivity index (χ1n) is 17.2. The second-order valence-electron chi connectivity index (χ2n) is 13.4. The van der Waals surface area contributed by atoms with Gasteiger partial charge in [0.15, 0.2) is 0 Å². The number of likely N-dealkylation sites (tertiary alicyclic amines) is 1. The maximum absolute atomic E-state index is 13.1. The van der Waals surface area contributed by atoms with Crippen molar-refractivity contribution >= 4 is 59.0 Å². The van der Waals surface area contributed by atoms with Crippen molar-refractivity contribution < 1.29 is 38.4 Å². The maximum atomic E-state index is 13.1. The third-order valence-corrected chi connectivity index (χ3v) is 9.08. The minimum atomic E-state index is -0.841. The van der Waals surface area contributed by atoms with Crippen molar-refractivity contribution in [2.24, 2.45) is 11.3 Å². The van der Waals surface area contributed by atoms with E-state index in [0.29, 0.717) is 45.3 Å². The van der Waals surface area contributed by atoms with Crippen molar-refractivity contribution in [1.29, 1.82) is 0 Å². The lowest BCUT2D eigenvalue weighted by molar-refractivity contribution is -0.141. The number of rotatable bonds is 23. The van der Waals surface area contributed by atoms with E-state index in [1.54, 1.807) is 11.8 Å². The molecule has 0 aromatic carbocycles. The standard InChI is InChI=1S/C34H54N6O8S/c1-34(2,3)24-23-31(46)40(33(24)48)21-15-28(43)38-25(32(47)37-19-9-6-5-8-17-36-27(42)16-22-49-4)11-7-10-18-35-26(41)14-20-39-29(44)12-13-30(39)45/h12-13,24-25H,5-11,14-23H2,1-4H3,(H,35,41)(H,36,42)(H,37,47)(H,38,43)/t24?,25-/m0/s1. The van der Waals surface area contributed by atoms with E-state index >= 15 is 0 Å². The van der Waals surface area contributed by atoms with E-state index in [1.165, 1.54) is 0 Å². The summed E-state index contributed by atoms with van der Waals surface area (Å²) in [7, 11) is 0. The van der Waals surface area contributed by atoms with E-state index in [4.69, 9.17) is 0 Å². The molecular formula is C34H54N6O8S. The Hall–Kier alpha value is -3.75. The monoisotopic (exact) mass is 706 g/mol. The van der Waals surface area contributed by atoms with Gasteiger partial charge in [-0.2, -0.15) is 11.8 Å². The average Bonchev–Trinajstić information content (AvgIpc) is 3.53. The number of carbonyl (C=O) groups excluding carboxylic acids is 8. The van der Waals surface area contributed by atoms with Crippen LogP contribution in [0.25, 0.3) is 0 Å². The summed E-state index contributed by atoms with van der Waals surface area (Å²) >= 11 is 1.63. The smallest absolute Gasteiger partial charge is 0.253 e. The third kappa shape index (κ3) is 15.1. The molecule has 0 radical (unpaired) electrons. The first kappa shape index (κ1) is 41.4. The Morgan fingerprint density at radius 2 is 1.29 bits per heavy atom. The van der Waals surface area contributed by atoms with Crippen LogP contribution in [0, 0.1) is 11.3 Å². The minimum absolute atomic E-state index is 0.00875. The Morgan fingerprint density at radius 3 is 1.86 bits per heavy atom. The van der Waals surface area contributed by atoms with Crippen LogP contribution in [0.1, 0.15) is 91.4 Å². The van der Waals surface area contributed by atoms with Gasteiger partial charge >= 0.3 is 0 Å². The summed E-state index contributed by atoms with van der Waals surface area (Å²) in [5, 5.41) is 11.3. The summed E-state index contributed by atoms with van der Waals surface area (Å²) in [6.07, 6.45) is 9.44. The Kier molecular flexibility index (Phi) is 18.1. The first-order valence-corrected chi connectivity index (χ1v) is 18.6. The number of hydrogen-bond donors (Lipinski definition) is 4. The third-order valence-electron chi connectivity index (χ3n) is 8.47. The molecule has 0 aromatic rings. The van der Waals surface area contributed by atoms with Crippen molar-refractivity contribution in [1.82, 2.24) is 31.1 Å². The summed E-state index contributed by atoms with van der Waals surface area (Å²) in [6.45, 7) is 6.99. The molecule has 4 N–H and O–H groups in total. The van der Waals surface area contributed by atoms with Gasteiger partial charge in [0.25, 0.3) is 11.8 Å². The lowest BCUT2D eigenvalue weighted by Crippen LogP contribution is -2.47. The number of imide groups is 2. The van der Waals surface area contributed by atoms with Crippen LogP contribution in [0.5, 0.6) is 0 Å². The fourth-order valence-electron chi connectivity index (χ4n) is 5.45. The predicted molar refractivity (Wildman–Crippen MR) is 186 cm³/mol. The van der Waals surface area contributed by atoms with Crippen molar-refractivity contribution in [3.8, 4) is 0 Å². The van der Waals surface area contributed by atoms with Gasteiger partial charge in [-0.25, -0.2) is 0 Å². The largest absolute Gasteiger partial charge is 0.356 e. The van der Waals surface area contributed by atoms with Gasteiger partial charge in [-0.3, -0.25) is 48.2 Å². The molecule has 2 heterocycles. The van der Waals surface area contributed by atoms with E-state index in [-0.39, 0.29) is 67.3 Å². The first-order chi connectivity index (χ1) is 23.2. The quantitative estimate of drug-likeness (QED) is 0.0900. The maximum Gasteiger partial charge on any atom is 0.253 e. The van der Waals surface area contributed by atoms with Gasteiger partial charge < -0.3 is 21.3 Å². The minimum Gasteiger partial charge on any atom is -0.356 e. The van der Waals surface area contributed by atoms with Gasteiger partial charge in [-0.1, -0.05) is 33.6 Å². The highest BCUT2D eigenvalue weighted by atomic mass is 32.2. The van der Waals surface area contributed by atoms with E-state index in [0.717, 1.165) is 53.4 Å². The van der Waals surface area contributed by atoms with Crippen LogP contribution in [-0.2, 0) is 38.4 Å². The molecule has 1 unspecified atom stereocenters. The summed E-state index contributed by atoms with van der Waals surface area (Å²) in [5.74, 6) is -2.17. The van der Waals surface area contributed by atoms with Gasteiger partial charge in [0.2, 0.25) is 35.4 Å². The van der Waals surface area contributed by atoms with Crippen LogP contribution in [0.3, 0.4) is 0 Å². The lowest BCUT2D eigenvalue weighted by Gasteiger charge is -2.25. The van der Waals surface area contributed by atoms with Crippen molar-refractivity contribution in [3.05, 3.63) is 12.2 Å². The Morgan fingerprint density at radius 1 is 0.755 bits per heavy atom. The second-order valence-corrected chi connectivity index (χ2v) is 14.4. The zero-order chi connectivity index (χ0) is 36.4. The fraction of sp³-hybridized carbons (Fsp3) is 0.706. The molecule has 2 aliphatic rings. The SMILES string of the molecule is CSCCC(=O)NCCCCCCNC(=O)[C@H](CCCCNC(=O)CCN1C(=O)C=CC1=O)NC(=O)CCN1C(=O)CC(C(C)(C)C)C1=O. The average molecular weight is 707 g/mol. The molecule has 0 aromatic heterocycles. The second kappa shape index (κ2) is 21.4. The molecule has 2 atom stereocenters. The van der Waals surface area contributed by atoms with Gasteiger partial charge in [-0.15, -0.1) is 0 Å². The molecule has 274 valence electrons. The van der Waals surface area contributed by atoms with Crippen molar-refractivity contribution in [2.75, 3.05) is 44.7 Å². The molecule has 1 fully saturated rings. The highest BCUT2D eigenvalue weighted by molar-refractivity contribution is 7.98. The number of amides is 8. The molecule has 0 saturated carbocycles. The molecule has 8 amide bonds. The van der Waals surface area contributed by atoms with E-state index in [1.807, 2.05) is 27.0 Å². The summed E-state index contributed by atoms with van der Waals surface area (Å²) in [4.78, 5) is 101. The molecule has 0 spiro atoms. The number of thioether (sulfide) groups is 1. The summed E-state index contributed by atoms with van der Waals surface area (Å²) in [5.41, 5.74) is -0.376. The van der Waals surface area contributed by atoms with E-state index < -0.39 is 29.7 Å². The number of carbonyl (C=O) groups is 8. The molecule has 15 heteroatoms.